The maximum Gasteiger partial charge on any atom is 0.225 e. The third kappa shape index (κ3) is 3.76. The van der Waals surface area contributed by atoms with E-state index >= 15 is 0 Å². The van der Waals surface area contributed by atoms with E-state index in [9.17, 15) is 14.3 Å². The molecule has 2 atom stereocenters. The lowest BCUT2D eigenvalue weighted by Crippen LogP contribution is -2.35. The van der Waals surface area contributed by atoms with Crippen LogP contribution in [-0.4, -0.2) is 23.7 Å². The Morgan fingerprint density at radius 2 is 2.26 bits per heavy atom. The molecular formula is C14H17BrFNO2. The molecule has 0 radical (unpaired) electrons. The summed E-state index contributed by atoms with van der Waals surface area (Å²) in [5.41, 5.74) is 0.571. The predicted molar refractivity (Wildman–Crippen MR) is 74.2 cm³/mol. The molecule has 3 nitrogen and oxygen atoms in total. The number of carbonyl (C=O) groups excluding carboxylic acids is 1. The number of benzene rings is 1. The van der Waals surface area contributed by atoms with Crippen molar-refractivity contribution in [2.24, 2.45) is 5.92 Å². The average Bonchev–Trinajstić information content (AvgIpc) is 2.80. The molecule has 0 heterocycles. The number of amides is 1. The van der Waals surface area contributed by atoms with Crippen LogP contribution >= 0.6 is 15.9 Å². The van der Waals surface area contributed by atoms with Gasteiger partial charge in [-0.2, -0.15) is 0 Å². The second-order valence-electron chi connectivity index (χ2n) is 4.88. The highest BCUT2D eigenvalue weighted by molar-refractivity contribution is 9.10. The largest absolute Gasteiger partial charge is 0.392 e. The summed E-state index contributed by atoms with van der Waals surface area (Å²) in [6, 6.07) is 4.76. The Bertz CT molecular complexity index is 467. The number of carbonyl (C=O) groups is 1. The monoisotopic (exact) mass is 329 g/mol. The Labute approximate surface area is 120 Å². The minimum absolute atomic E-state index is 0.125. The predicted octanol–water partition coefficient (Wildman–Crippen LogP) is 2.41. The van der Waals surface area contributed by atoms with E-state index in [0.29, 0.717) is 24.9 Å². The molecule has 1 aliphatic carbocycles. The molecule has 0 aliphatic heterocycles. The van der Waals surface area contributed by atoms with E-state index in [-0.39, 0.29) is 17.6 Å². The molecular weight excluding hydrogens is 313 g/mol. The Kier molecular flexibility index (Phi) is 4.93. The first kappa shape index (κ1) is 14.5. The Morgan fingerprint density at radius 1 is 1.47 bits per heavy atom. The number of hydrogen-bond donors (Lipinski definition) is 2. The number of halogens is 2. The molecule has 2 N–H and O–H groups in total. The Morgan fingerprint density at radius 3 is 2.95 bits per heavy atom. The standard InChI is InChI=1S/C14H17BrFNO2/c15-10-4-5-12(16)9(8-10)6-7-17-14(19)11-2-1-3-13(11)18/h4-5,8,11,13,18H,1-3,6-7H2,(H,17,19). The minimum atomic E-state index is -0.525. The fourth-order valence-electron chi connectivity index (χ4n) is 2.43. The van der Waals surface area contributed by atoms with Gasteiger partial charge in [0.2, 0.25) is 5.91 Å². The third-order valence-electron chi connectivity index (χ3n) is 3.52. The molecule has 1 saturated carbocycles. The maximum atomic E-state index is 13.5. The molecule has 2 unspecified atom stereocenters. The fourth-order valence-corrected chi connectivity index (χ4v) is 2.84. The van der Waals surface area contributed by atoms with E-state index in [4.69, 9.17) is 0 Å². The van der Waals surface area contributed by atoms with Crippen molar-refractivity contribution < 1.29 is 14.3 Å². The molecule has 0 aromatic heterocycles. The van der Waals surface area contributed by atoms with Crippen molar-refractivity contribution in [3.8, 4) is 0 Å². The Balaban J connectivity index is 1.83. The van der Waals surface area contributed by atoms with E-state index in [0.717, 1.165) is 17.3 Å². The summed E-state index contributed by atoms with van der Waals surface area (Å²) in [5, 5.41) is 12.4. The molecule has 104 valence electrons. The highest BCUT2D eigenvalue weighted by Crippen LogP contribution is 2.25. The van der Waals surface area contributed by atoms with E-state index in [2.05, 4.69) is 21.2 Å². The molecule has 1 amide bonds. The maximum absolute atomic E-state index is 13.5. The van der Waals surface area contributed by atoms with Crippen LogP contribution in [0.2, 0.25) is 0 Å². The van der Waals surface area contributed by atoms with Gasteiger partial charge in [0, 0.05) is 11.0 Å². The molecule has 0 bridgehead atoms. The fraction of sp³-hybridized carbons (Fsp3) is 0.500. The van der Waals surface area contributed by atoms with Crippen molar-refractivity contribution in [1.82, 2.24) is 5.32 Å². The Hall–Kier alpha value is -0.940. The van der Waals surface area contributed by atoms with Gasteiger partial charge in [0.15, 0.2) is 0 Å². The second kappa shape index (κ2) is 6.48. The van der Waals surface area contributed by atoms with Crippen molar-refractivity contribution in [2.45, 2.75) is 31.8 Å². The van der Waals surface area contributed by atoms with Crippen LogP contribution in [0, 0.1) is 11.7 Å². The lowest BCUT2D eigenvalue weighted by molar-refractivity contribution is -0.127. The third-order valence-corrected chi connectivity index (χ3v) is 4.01. The zero-order valence-corrected chi connectivity index (χ0v) is 12.1. The van der Waals surface area contributed by atoms with Gasteiger partial charge in [0.25, 0.3) is 0 Å². The SMILES string of the molecule is O=C(NCCc1cc(Br)ccc1F)C1CCCC1O. The van der Waals surface area contributed by atoms with E-state index < -0.39 is 6.10 Å². The molecule has 5 heteroatoms. The number of aliphatic hydroxyl groups is 1. The van der Waals surface area contributed by atoms with Crippen molar-refractivity contribution in [3.63, 3.8) is 0 Å². The van der Waals surface area contributed by atoms with Gasteiger partial charge < -0.3 is 10.4 Å². The lowest BCUT2D eigenvalue weighted by atomic mass is 10.1. The summed E-state index contributed by atoms with van der Waals surface area (Å²) >= 11 is 3.29. The van der Waals surface area contributed by atoms with E-state index in [1.54, 1.807) is 12.1 Å². The molecule has 0 spiro atoms. The van der Waals surface area contributed by atoms with Crippen molar-refractivity contribution in [1.29, 1.82) is 0 Å². The van der Waals surface area contributed by atoms with Gasteiger partial charge in [-0.15, -0.1) is 0 Å². The molecule has 19 heavy (non-hydrogen) atoms. The number of nitrogens with one attached hydrogen (secondary N) is 1. The van der Waals surface area contributed by atoms with Gasteiger partial charge in [0.1, 0.15) is 5.82 Å². The summed E-state index contributed by atoms with van der Waals surface area (Å²) in [6.07, 6.45) is 2.23. The van der Waals surface area contributed by atoms with Crippen LogP contribution in [0.1, 0.15) is 24.8 Å². The summed E-state index contributed by atoms with van der Waals surface area (Å²) in [7, 11) is 0. The van der Waals surface area contributed by atoms with Crippen LogP contribution < -0.4 is 5.32 Å². The molecule has 2 rings (SSSR count). The van der Waals surface area contributed by atoms with Gasteiger partial charge in [-0.1, -0.05) is 15.9 Å². The molecule has 0 saturated heterocycles. The van der Waals surface area contributed by atoms with Gasteiger partial charge >= 0.3 is 0 Å². The lowest BCUT2D eigenvalue weighted by Gasteiger charge is -2.14. The zero-order chi connectivity index (χ0) is 13.8. The normalized spacial score (nSPS) is 22.5. The molecule has 1 aliphatic rings. The highest BCUT2D eigenvalue weighted by atomic mass is 79.9. The van der Waals surface area contributed by atoms with Gasteiger partial charge in [-0.3, -0.25) is 4.79 Å². The first-order valence-corrected chi connectivity index (χ1v) is 7.27. The van der Waals surface area contributed by atoms with Crippen molar-refractivity contribution >= 4 is 21.8 Å². The van der Waals surface area contributed by atoms with Crippen LogP contribution in [-0.2, 0) is 11.2 Å². The van der Waals surface area contributed by atoms with Gasteiger partial charge in [-0.05, 0) is 49.4 Å². The van der Waals surface area contributed by atoms with E-state index in [1.807, 2.05) is 0 Å². The summed E-state index contributed by atoms with van der Waals surface area (Å²) < 4.78 is 14.3. The first-order chi connectivity index (χ1) is 9.08. The number of rotatable bonds is 4. The van der Waals surface area contributed by atoms with Crippen LogP contribution in [0.15, 0.2) is 22.7 Å². The average molecular weight is 330 g/mol. The van der Waals surface area contributed by atoms with Gasteiger partial charge in [0.05, 0.1) is 12.0 Å². The minimum Gasteiger partial charge on any atom is -0.392 e. The quantitative estimate of drug-likeness (QED) is 0.891. The molecule has 1 aromatic carbocycles. The summed E-state index contributed by atoms with van der Waals surface area (Å²) in [5.74, 6) is -0.689. The van der Waals surface area contributed by atoms with Crippen LogP contribution in [0.4, 0.5) is 4.39 Å². The number of hydrogen-bond acceptors (Lipinski definition) is 2. The van der Waals surface area contributed by atoms with Crippen LogP contribution in [0.3, 0.4) is 0 Å². The number of aliphatic hydroxyl groups excluding tert-OH is 1. The second-order valence-corrected chi connectivity index (χ2v) is 5.80. The summed E-state index contributed by atoms with van der Waals surface area (Å²) in [6.45, 7) is 0.384. The van der Waals surface area contributed by atoms with Gasteiger partial charge in [-0.25, -0.2) is 4.39 Å². The zero-order valence-electron chi connectivity index (χ0n) is 10.5. The van der Waals surface area contributed by atoms with Crippen LogP contribution in [0.5, 0.6) is 0 Å². The molecule has 1 aromatic rings. The first-order valence-electron chi connectivity index (χ1n) is 6.47. The smallest absolute Gasteiger partial charge is 0.225 e. The summed E-state index contributed by atoms with van der Waals surface area (Å²) in [4.78, 5) is 11.8. The highest BCUT2D eigenvalue weighted by Gasteiger charge is 2.30. The van der Waals surface area contributed by atoms with E-state index in [1.165, 1.54) is 6.07 Å². The van der Waals surface area contributed by atoms with Crippen molar-refractivity contribution in [3.05, 3.63) is 34.1 Å². The topological polar surface area (TPSA) is 49.3 Å². The van der Waals surface area contributed by atoms with Crippen LogP contribution in [0.25, 0.3) is 0 Å². The molecule has 1 fully saturated rings. The van der Waals surface area contributed by atoms with Crippen molar-refractivity contribution in [2.75, 3.05) is 6.54 Å².